The molecule has 5 rings (SSSR count). The standard InChI is InChI=1S/C25H28N6O/c32-25(8-5-20-14-26-10-9-24(20)21-15-27-28-16-21)29-22-6-3-19(4-7-22)17-30-12-13-31-11-1-2-23(31)18-30/h3-10,14-16,23H,1-2,11-13,17-18H2,(H,27,28)(H,29,32)/b8-5+. The maximum atomic E-state index is 12.4. The summed E-state index contributed by atoms with van der Waals surface area (Å²) in [6.45, 7) is 5.72. The van der Waals surface area contributed by atoms with Gasteiger partial charge in [-0.25, -0.2) is 0 Å². The number of anilines is 1. The van der Waals surface area contributed by atoms with Crippen molar-refractivity contribution in [1.29, 1.82) is 0 Å². The number of nitrogens with zero attached hydrogens (tertiary/aromatic N) is 4. The van der Waals surface area contributed by atoms with Gasteiger partial charge < -0.3 is 5.32 Å². The van der Waals surface area contributed by atoms with Crippen molar-refractivity contribution in [3.05, 3.63) is 72.3 Å². The Bertz CT molecular complexity index is 1080. The first-order chi connectivity index (χ1) is 15.7. The molecule has 0 saturated carbocycles. The van der Waals surface area contributed by atoms with Gasteiger partial charge in [0.1, 0.15) is 0 Å². The summed E-state index contributed by atoms with van der Waals surface area (Å²) in [5.41, 5.74) is 4.87. The molecule has 0 spiro atoms. The molecular formula is C25H28N6O. The molecule has 7 nitrogen and oxygen atoms in total. The zero-order valence-electron chi connectivity index (χ0n) is 18.1. The molecule has 2 fully saturated rings. The molecule has 2 aliphatic rings. The van der Waals surface area contributed by atoms with Crippen molar-refractivity contribution in [3.8, 4) is 11.1 Å². The molecule has 3 aromatic rings. The average Bonchev–Trinajstić information content (AvgIpc) is 3.51. The van der Waals surface area contributed by atoms with Crippen molar-refractivity contribution < 1.29 is 4.79 Å². The highest BCUT2D eigenvalue weighted by Crippen LogP contribution is 2.24. The third kappa shape index (κ3) is 4.79. The number of fused-ring (bicyclic) bond motifs is 1. The van der Waals surface area contributed by atoms with Crippen LogP contribution in [0, 0.1) is 0 Å². The third-order valence-corrected chi connectivity index (χ3v) is 6.37. The van der Waals surface area contributed by atoms with Gasteiger partial charge in [-0.3, -0.25) is 24.7 Å². The van der Waals surface area contributed by atoms with E-state index in [0.717, 1.165) is 41.5 Å². The molecule has 0 bridgehead atoms. The molecule has 2 aliphatic heterocycles. The summed E-state index contributed by atoms with van der Waals surface area (Å²) in [6.07, 6.45) is 13.0. The molecule has 0 radical (unpaired) electrons. The summed E-state index contributed by atoms with van der Waals surface area (Å²) in [6, 6.07) is 10.8. The lowest BCUT2D eigenvalue weighted by Crippen LogP contribution is -2.49. The minimum atomic E-state index is -0.169. The van der Waals surface area contributed by atoms with Gasteiger partial charge in [-0.05, 0) is 54.8 Å². The van der Waals surface area contributed by atoms with E-state index in [1.807, 2.05) is 24.4 Å². The fourth-order valence-electron chi connectivity index (χ4n) is 4.70. The van der Waals surface area contributed by atoms with Crippen LogP contribution in [0.3, 0.4) is 0 Å². The zero-order chi connectivity index (χ0) is 21.8. The summed E-state index contributed by atoms with van der Waals surface area (Å²) >= 11 is 0. The van der Waals surface area contributed by atoms with E-state index in [1.54, 1.807) is 24.7 Å². The normalized spacial score (nSPS) is 19.3. The maximum absolute atomic E-state index is 12.4. The van der Waals surface area contributed by atoms with Crippen LogP contribution in [0.5, 0.6) is 0 Å². The molecule has 2 N–H and O–H groups in total. The number of benzene rings is 1. The number of rotatable bonds is 6. The van der Waals surface area contributed by atoms with Gasteiger partial charge in [-0.2, -0.15) is 5.10 Å². The van der Waals surface area contributed by atoms with Gasteiger partial charge >= 0.3 is 0 Å². The Kier molecular flexibility index (Phi) is 6.09. The van der Waals surface area contributed by atoms with E-state index in [2.05, 4.69) is 42.4 Å². The first-order valence-electron chi connectivity index (χ1n) is 11.2. The van der Waals surface area contributed by atoms with Gasteiger partial charge in [-0.15, -0.1) is 0 Å². The molecule has 2 saturated heterocycles. The Balaban J connectivity index is 1.17. The summed E-state index contributed by atoms with van der Waals surface area (Å²) in [5.74, 6) is -0.169. The molecule has 2 aromatic heterocycles. The molecular weight excluding hydrogens is 400 g/mol. The Morgan fingerprint density at radius 1 is 1.16 bits per heavy atom. The molecule has 0 aliphatic carbocycles. The monoisotopic (exact) mass is 428 g/mol. The number of aromatic amines is 1. The predicted molar refractivity (Wildman–Crippen MR) is 126 cm³/mol. The van der Waals surface area contributed by atoms with Crippen molar-refractivity contribution in [3.63, 3.8) is 0 Å². The quantitative estimate of drug-likeness (QED) is 0.589. The molecule has 7 heteroatoms. The van der Waals surface area contributed by atoms with Crippen LogP contribution in [0.1, 0.15) is 24.0 Å². The van der Waals surface area contributed by atoms with E-state index in [4.69, 9.17) is 0 Å². The molecule has 1 unspecified atom stereocenters. The lowest BCUT2D eigenvalue weighted by molar-refractivity contribution is -0.111. The van der Waals surface area contributed by atoms with Gasteiger partial charge in [0.25, 0.3) is 0 Å². The molecule has 32 heavy (non-hydrogen) atoms. The minimum Gasteiger partial charge on any atom is -0.323 e. The van der Waals surface area contributed by atoms with Gasteiger partial charge in [0.15, 0.2) is 0 Å². The van der Waals surface area contributed by atoms with Crippen molar-refractivity contribution in [1.82, 2.24) is 25.0 Å². The highest BCUT2D eigenvalue weighted by molar-refractivity contribution is 6.02. The first kappa shape index (κ1) is 20.6. The van der Waals surface area contributed by atoms with Crippen LogP contribution < -0.4 is 5.32 Å². The van der Waals surface area contributed by atoms with E-state index >= 15 is 0 Å². The van der Waals surface area contributed by atoms with Crippen LogP contribution in [0.4, 0.5) is 5.69 Å². The van der Waals surface area contributed by atoms with E-state index in [-0.39, 0.29) is 5.91 Å². The molecule has 1 aromatic carbocycles. The second-order valence-electron chi connectivity index (χ2n) is 8.54. The summed E-state index contributed by atoms with van der Waals surface area (Å²) in [5, 5.41) is 9.75. The van der Waals surface area contributed by atoms with Crippen molar-refractivity contribution >= 4 is 17.7 Å². The number of carbonyl (C=O) groups is 1. The van der Waals surface area contributed by atoms with Gasteiger partial charge in [-0.1, -0.05) is 12.1 Å². The predicted octanol–water partition coefficient (Wildman–Crippen LogP) is 3.40. The molecule has 4 heterocycles. The lowest BCUT2D eigenvalue weighted by atomic mass is 10.0. The number of amides is 1. The largest absolute Gasteiger partial charge is 0.323 e. The van der Waals surface area contributed by atoms with Crippen LogP contribution in [0.2, 0.25) is 0 Å². The number of pyridine rings is 1. The van der Waals surface area contributed by atoms with Gasteiger partial charge in [0.05, 0.1) is 6.20 Å². The van der Waals surface area contributed by atoms with Crippen LogP contribution in [-0.4, -0.2) is 63.1 Å². The van der Waals surface area contributed by atoms with Gasteiger partial charge in [0, 0.05) is 73.7 Å². The van der Waals surface area contributed by atoms with Gasteiger partial charge in [0.2, 0.25) is 5.91 Å². The zero-order valence-corrected chi connectivity index (χ0v) is 18.1. The average molecular weight is 429 g/mol. The second kappa shape index (κ2) is 9.46. The fourth-order valence-corrected chi connectivity index (χ4v) is 4.70. The summed E-state index contributed by atoms with van der Waals surface area (Å²) in [7, 11) is 0. The van der Waals surface area contributed by atoms with E-state index in [0.29, 0.717) is 0 Å². The highest BCUT2D eigenvalue weighted by atomic mass is 16.1. The Morgan fingerprint density at radius 2 is 2.06 bits per heavy atom. The first-order valence-corrected chi connectivity index (χ1v) is 11.2. The Hall–Kier alpha value is -3.29. The number of piperazine rings is 1. The van der Waals surface area contributed by atoms with Crippen molar-refractivity contribution in [2.75, 3.05) is 31.5 Å². The molecule has 164 valence electrons. The van der Waals surface area contributed by atoms with Crippen LogP contribution in [0.25, 0.3) is 17.2 Å². The summed E-state index contributed by atoms with van der Waals surface area (Å²) < 4.78 is 0. The number of hydrogen-bond acceptors (Lipinski definition) is 5. The minimum absolute atomic E-state index is 0.169. The smallest absolute Gasteiger partial charge is 0.248 e. The number of hydrogen-bond donors (Lipinski definition) is 2. The lowest BCUT2D eigenvalue weighted by Gasteiger charge is -2.37. The maximum Gasteiger partial charge on any atom is 0.248 e. The second-order valence-corrected chi connectivity index (χ2v) is 8.54. The Labute approximate surface area is 188 Å². The number of aromatic nitrogens is 3. The van der Waals surface area contributed by atoms with Crippen LogP contribution >= 0.6 is 0 Å². The highest BCUT2D eigenvalue weighted by Gasteiger charge is 2.30. The Morgan fingerprint density at radius 3 is 2.91 bits per heavy atom. The third-order valence-electron chi connectivity index (χ3n) is 6.37. The molecule has 1 atom stereocenters. The van der Waals surface area contributed by atoms with Crippen molar-refractivity contribution in [2.45, 2.75) is 25.4 Å². The number of nitrogens with one attached hydrogen (secondary N) is 2. The van der Waals surface area contributed by atoms with E-state index in [1.165, 1.54) is 44.1 Å². The molecule has 1 amide bonds. The SMILES string of the molecule is O=C(/C=C/c1cnccc1-c1cn[nH]c1)Nc1ccc(CN2CCN3CCCC3C2)cc1. The number of carbonyl (C=O) groups excluding carboxylic acids is 1. The fraction of sp³-hybridized carbons (Fsp3) is 0.320. The van der Waals surface area contributed by atoms with Crippen LogP contribution in [0.15, 0.2) is 61.2 Å². The van der Waals surface area contributed by atoms with Crippen LogP contribution in [-0.2, 0) is 11.3 Å². The summed E-state index contributed by atoms with van der Waals surface area (Å²) in [4.78, 5) is 21.8. The van der Waals surface area contributed by atoms with E-state index < -0.39 is 0 Å². The van der Waals surface area contributed by atoms with E-state index in [9.17, 15) is 4.79 Å². The topological polar surface area (TPSA) is 77.1 Å². The number of H-pyrrole nitrogens is 1. The van der Waals surface area contributed by atoms with Crippen molar-refractivity contribution in [2.24, 2.45) is 0 Å².